The minimum atomic E-state index is -4.41. The molecule has 0 spiro atoms. The van der Waals surface area contributed by atoms with Crippen LogP contribution in [0.3, 0.4) is 0 Å². The number of rotatable bonds is 5. The van der Waals surface area contributed by atoms with Crippen LogP contribution in [0.1, 0.15) is 5.56 Å². The fourth-order valence-electron chi connectivity index (χ4n) is 1.62. The summed E-state index contributed by atoms with van der Waals surface area (Å²) in [6.45, 7) is -1.83. The number of alkyl halides is 3. The van der Waals surface area contributed by atoms with E-state index in [0.717, 1.165) is 4.90 Å². The van der Waals surface area contributed by atoms with Gasteiger partial charge in [0.15, 0.2) is 0 Å². The molecule has 0 aliphatic rings. The summed E-state index contributed by atoms with van der Waals surface area (Å²) in [5.41, 5.74) is 5.73. The van der Waals surface area contributed by atoms with E-state index in [4.69, 9.17) is 16.2 Å². The molecular weight excluding hydrogens is 327 g/mol. The van der Waals surface area contributed by atoms with E-state index in [1.807, 2.05) is 0 Å². The molecule has 0 saturated carbocycles. The highest BCUT2D eigenvalue weighted by Gasteiger charge is 2.31. The predicted octanol–water partition coefficient (Wildman–Crippen LogP) is 2.09. The van der Waals surface area contributed by atoms with E-state index >= 15 is 0 Å². The Bertz CT molecular complexity index is 465. The molecule has 0 heterocycles. The molecule has 0 aliphatic heterocycles. The van der Waals surface area contributed by atoms with Crippen molar-refractivity contribution in [3.05, 3.63) is 28.2 Å². The molecule has 0 aromatic heterocycles. The molecule has 0 saturated heterocycles. The lowest BCUT2D eigenvalue weighted by molar-refractivity contribution is -0.119. The lowest BCUT2D eigenvalue weighted by Crippen LogP contribution is -2.37. The molecule has 1 aromatic carbocycles. The van der Waals surface area contributed by atoms with Crippen LogP contribution in [0.15, 0.2) is 22.7 Å². The van der Waals surface area contributed by atoms with Gasteiger partial charge in [-0.3, -0.25) is 5.41 Å². The smallest absolute Gasteiger partial charge is 0.395 e. The number of nitrogens with zero attached hydrogens (tertiary/aromatic N) is 1. The number of hydrogen-bond acceptors (Lipinski definition) is 3. The van der Waals surface area contributed by atoms with Crippen molar-refractivity contribution in [2.45, 2.75) is 6.18 Å². The SMILES string of the molecule is N=C(N)c1cc(Br)ccc1N(CCO)CC(F)(F)F. The van der Waals surface area contributed by atoms with Gasteiger partial charge >= 0.3 is 6.18 Å². The molecule has 4 N–H and O–H groups in total. The van der Waals surface area contributed by atoms with Gasteiger partial charge in [0.25, 0.3) is 0 Å². The fraction of sp³-hybridized carbons (Fsp3) is 0.364. The van der Waals surface area contributed by atoms with Gasteiger partial charge in [-0.2, -0.15) is 13.2 Å². The van der Waals surface area contributed by atoms with Crippen LogP contribution in [0.5, 0.6) is 0 Å². The number of aliphatic hydroxyl groups is 1. The van der Waals surface area contributed by atoms with E-state index in [2.05, 4.69) is 15.9 Å². The number of nitrogens with one attached hydrogen (secondary N) is 1. The Labute approximate surface area is 116 Å². The van der Waals surface area contributed by atoms with Crippen molar-refractivity contribution in [1.82, 2.24) is 0 Å². The normalized spacial score (nSPS) is 11.4. The molecule has 1 aromatic rings. The first kappa shape index (κ1) is 15.8. The zero-order valence-corrected chi connectivity index (χ0v) is 11.4. The van der Waals surface area contributed by atoms with Crippen LogP contribution in [-0.2, 0) is 0 Å². The highest BCUT2D eigenvalue weighted by Crippen LogP contribution is 2.27. The van der Waals surface area contributed by atoms with E-state index < -0.39 is 19.3 Å². The Morgan fingerprint density at radius 2 is 2.05 bits per heavy atom. The van der Waals surface area contributed by atoms with Gasteiger partial charge in [-0.15, -0.1) is 0 Å². The van der Waals surface area contributed by atoms with Gasteiger partial charge in [0.1, 0.15) is 12.4 Å². The highest BCUT2D eigenvalue weighted by molar-refractivity contribution is 9.10. The van der Waals surface area contributed by atoms with Crippen LogP contribution in [0, 0.1) is 5.41 Å². The van der Waals surface area contributed by atoms with Crippen molar-refractivity contribution in [3.8, 4) is 0 Å². The Balaban J connectivity index is 3.18. The van der Waals surface area contributed by atoms with Crippen molar-refractivity contribution < 1.29 is 18.3 Å². The number of anilines is 1. The second-order valence-corrected chi connectivity index (χ2v) is 4.75. The van der Waals surface area contributed by atoms with Crippen molar-refractivity contribution >= 4 is 27.5 Å². The standard InChI is InChI=1S/C11H13BrF3N3O/c12-7-1-2-9(8(5-7)10(16)17)18(3-4-19)6-11(13,14)15/h1-2,5,19H,3-4,6H2,(H3,16,17). The average Bonchev–Trinajstić information content (AvgIpc) is 2.26. The molecule has 0 amide bonds. The number of aliphatic hydroxyl groups excluding tert-OH is 1. The molecule has 0 aliphatic carbocycles. The van der Waals surface area contributed by atoms with Crippen LogP contribution < -0.4 is 10.6 Å². The first-order chi connectivity index (χ1) is 8.74. The minimum Gasteiger partial charge on any atom is -0.395 e. The third-order valence-electron chi connectivity index (χ3n) is 2.33. The second kappa shape index (κ2) is 6.25. The third kappa shape index (κ3) is 4.71. The van der Waals surface area contributed by atoms with E-state index in [-0.39, 0.29) is 23.6 Å². The number of halogens is 4. The maximum absolute atomic E-state index is 12.5. The van der Waals surface area contributed by atoms with Gasteiger partial charge in [0.2, 0.25) is 0 Å². The van der Waals surface area contributed by atoms with E-state index in [0.29, 0.717) is 4.47 Å². The largest absolute Gasteiger partial charge is 0.405 e. The zero-order chi connectivity index (χ0) is 14.6. The summed E-state index contributed by atoms with van der Waals surface area (Å²) in [6, 6.07) is 4.46. The first-order valence-electron chi connectivity index (χ1n) is 5.31. The second-order valence-electron chi connectivity index (χ2n) is 3.84. The zero-order valence-electron chi connectivity index (χ0n) is 9.84. The number of hydrogen-bond donors (Lipinski definition) is 3. The van der Waals surface area contributed by atoms with Gasteiger partial charge in [-0.05, 0) is 18.2 Å². The summed E-state index contributed by atoms with van der Waals surface area (Å²) in [5, 5.41) is 16.3. The van der Waals surface area contributed by atoms with E-state index in [1.165, 1.54) is 12.1 Å². The summed E-state index contributed by atoms with van der Waals surface area (Å²) < 4.78 is 38.1. The Morgan fingerprint density at radius 1 is 1.42 bits per heavy atom. The summed E-state index contributed by atoms with van der Waals surface area (Å²) in [6.07, 6.45) is -4.41. The molecule has 1 rings (SSSR count). The van der Waals surface area contributed by atoms with Crippen molar-refractivity contribution in [1.29, 1.82) is 5.41 Å². The molecule has 0 atom stereocenters. The fourth-order valence-corrected chi connectivity index (χ4v) is 1.98. The van der Waals surface area contributed by atoms with Crippen LogP contribution in [0.2, 0.25) is 0 Å². The molecular formula is C11H13BrF3N3O. The van der Waals surface area contributed by atoms with Gasteiger partial charge in [0, 0.05) is 22.3 Å². The number of benzene rings is 1. The number of amidine groups is 1. The van der Waals surface area contributed by atoms with Crippen molar-refractivity contribution in [3.63, 3.8) is 0 Å². The van der Waals surface area contributed by atoms with Crippen molar-refractivity contribution in [2.75, 3.05) is 24.6 Å². The van der Waals surface area contributed by atoms with Crippen LogP contribution in [-0.4, -0.2) is 36.8 Å². The lowest BCUT2D eigenvalue weighted by atomic mass is 10.1. The Morgan fingerprint density at radius 3 is 2.53 bits per heavy atom. The molecule has 4 nitrogen and oxygen atoms in total. The maximum atomic E-state index is 12.5. The summed E-state index contributed by atoms with van der Waals surface area (Å²) in [4.78, 5) is 0.948. The van der Waals surface area contributed by atoms with Gasteiger partial charge < -0.3 is 15.7 Å². The first-order valence-corrected chi connectivity index (χ1v) is 6.10. The molecule has 0 fully saturated rings. The van der Waals surface area contributed by atoms with Crippen LogP contribution >= 0.6 is 15.9 Å². The summed E-state index contributed by atoms with van der Waals surface area (Å²) in [7, 11) is 0. The average molecular weight is 340 g/mol. The Hall–Kier alpha value is -1.28. The Kier molecular flexibility index (Phi) is 5.19. The molecule has 0 unspecified atom stereocenters. The van der Waals surface area contributed by atoms with Crippen LogP contribution in [0.4, 0.5) is 18.9 Å². The molecule has 19 heavy (non-hydrogen) atoms. The highest BCUT2D eigenvalue weighted by atomic mass is 79.9. The lowest BCUT2D eigenvalue weighted by Gasteiger charge is -2.27. The van der Waals surface area contributed by atoms with Gasteiger partial charge in [-0.25, -0.2) is 0 Å². The topological polar surface area (TPSA) is 73.3 Å². The maximum Gasteiger partial charge on any atom is 0.405 e. The van der Waals surface area contributed by atoms with Gasteiger partial charge in [0.05, 0.1) is 6.61 Å². The third-order valence-corrected chi connectivity index (χ3v) is 2.82. The monoisotopic (exact) mass is 339 g/mol. The molecule has 8 heteroatoms. The number of nitrogens with two attached hydrogens (primary N) is 1. The quantitative estimate of drug-likeness (QED) is 0.568. The minimum absolute atomic E-state index is 0.169. The number of nitrogen functional groups attached to an aromatic ring is 1. The van der Waals surface area contributed by atoms with Crippen LogP contribution in [0.25, 0.3) is 0 Å². The predicted molar refractivity (Wildman–Crippen MR) is 70.5 cm³/mol. The summed E-state index contributed by atoms with van der Waals surface area (Å²) in [5.74, 6) is -0.332. The van der Waals surface area contributed by atoms with E-state index in [9.17, 15) is 13.2 Å². The van der Waals surface area contributed by atoms with E-state index in [1.54, 1.807) is 6.07 Å². The molecule has 0 radical (unpaired) electrons. The van der Waals surface area contributed by atoms with Crippen molar-refractivity contribution in [2.24, 2.45) is 5.73 Å². The van der Waals surface area contributed by atoms with Gasteiger partial charge in [-0.1, -0.05) is 15.9 Å². The summed E-state index contributed by atoms with van der Waals surface area (Å²) >= 11 is 3.17. The molecule has 0 bridgehead atoms. The molecule has 106 valence electrons.